The third-order valence-electron chi connectivity index (χ3n) is 5.96. The van der Waals surface area contributed by atoms with E-state index in [-0.39, 0.29) is 11.6 Å². The van der Waals surface area contributed by atoms with Gasteiger partial charge in [-0.1, -0.05) is 84.9 Å². The minimum Gasteiger partial charge on any atom is -0.465 e. The predicted octanol–water partition coefficient (Wildman–Crippen LogP) is 5.98. The molecule has 0 radical (unpaired) electrons. The molecule has 5 nitrogen and oxygen atoms in total. The predicted molar refractivity (Wildman–Crippen MR) is 137 cm³/mol. The minimum atomic E-state index is -1.04. The fourth-order valence-corrected chi connectivity index (χ4v) is 4.37. The highest BCUT2D eigenvalue weighted by Crippen LogP contribution is 2.35. The molecule has 5 rings (SSSR count). The lowest BCUT2D eigenvalue weighted by molar-refractivity contribution is -0.120. The normalized spacial score (nSPS) is 16.5. The SMILES string of the molecule is O=C1c2ccccc2/C(=N/N=C/C=C/c2ccco2)C1C(=O)C(c1ccccc1)c1ccccc1. The van der Waals surface area contributed by atoms with Crippen LogP contribution in [0.5, 0.6) is 0 Å². The number of furan rings is 1. The number of benzene rings is 3. The zero-order valence-corrected chi connectivity index (χ0v) is 18.8. The third kappa shape index (κ3) is 4.57. The highest BCUT2D eigenvalue weighted by atomic mass is 16.3. The molecular weight excluding hydrogens is 436 g/mol. The molecule has 4 aromatic rings. The largest absolute Gasteiger partial charge is 0.465 e. The number of hydrogen-bond acceptors (Lipinski definition) is 5. The van der Waals surface area contributed by atoms with Crippen molar-refractivity contribution in [1.29, 1.82) is 0 Å². The maximum Gasteiger partial charge on any atom is 0.180 e. The molecule has 1 unspecified atom stereocenters. The molecule has 1 aromatic heterocycles. The molecule has 1 atom stereocenters. The Morgan fingerprint density at radius 2 is 1.43 bits per heavy atom. The van der Waals surface area contributed by atoms with E-state index in [0.717, 1.165) is 11.1 Å². The number of allylic oxidation sites excluding steroid dienone is 1. The van der Waals surface area contributed by atoms with Crippen LogP contribution in [-0.4, -0.2) is 23.5 Å². The Balaban J connectivity index is 1.54. The lowest BCUT2D eigenvalue weighted by Crippen LogP contribution is -2.31. The summed E-state index contributed by atoms with van der Waals surface area (Å²) >= 11 is 0. The van der Waals surface area contributed by atoms with Crippen LogP contribution in [0.1, 0.15) is 38.7 Å². The Hall–Kier alpha value is -4.64. The topological polar surface area (TPSA) is 72.0 Å². The zero-order valence-electron chi connectivity index (χ0n) is 18.8. The second-order valence-corrected chi connectivity index (χ2v) is 8.12. The van der Waals surface area contributed by atoms with Gasteiger partial charge in [0, 0.05) is 17.3 Å². The van der Waals surface area contributed by atoms with E-state index in [0.29, 0.717) is 22.6 Å². The maximum absolute atomic E-state index is 14.1. The molecule has 35 heavy (non-hydrogen) atoms. The summed E-state index contributed by atoms with van der Waals surface area (Å²) in [4.78, 5) is 27.6. The van der Waals surface area contributed by atoms with E-state index in [4.69, 9.17) is 4.42 Å². The van der Waals surface area contributed by atoms with Gasteiger partial charge < -0.3 is 4.42 Å². The van der Waals surface area contributed by atoms with Crippen molar-refractivity contribution < 1.29 is 14.0 Å². The lowest BCUT2D eigenvalue weighted by Gasteiger charge is -2.20. The van der Waals surface area contributed by atoms with Gasteiger partial charge in [-0.05, 0) is 35.4 Å². The fourth-order valence-electron chi connectivity index (χ4n) is 4.37. The van der Waals surface area contributed by atoms with Crippen LogP contribution in [0, 0.1) is 5.92 Å². The van der Waals surface area contributed by atoms with Crippen LogP contribution in [0.2, 0.25) is 0 Å². The first-order chi connectivity index (χ1) is 17.2. The summed E-state index contributed by atoms with van der Waals surface area (Å²) in [5.41, 5.74) is 3.16. The second kappa shape index (κ2) is 10.1. The molecule has 0 amide bonds. The molecule has 3 aromatic carbocycles. The van der Waals surface area contributed by atoms with Crippen molar-refractivity contribution in [3.05, 3.63) is 137 Å². The molecule has 1 aliphatic carbocycles. The third-order valence-corrected chi connectivity index (χ3v) is 5.96. The van der Waals surface area contributed by atoms with Gasteiger partial charge in [-0.2, -0.15) is 10.2 Å². The number of rotatable bonds is 7. The Labute approximate surface area is 203 Å². The molecule has 0 N–H and O–H groups in total. The van der Waals surface area contributed by atoms with Gasteiger partial charge in [0.25, 0.3) is 0 Å². The van der Waals surface area contributed by atoms with Gasteiger partial charge in [0.05, 0.1) is 17.9 Å². The van der Waals surface area contributed by atoms with E-state index >= 15 is 0 Å². The van der Waals surface area contributed by atoms with Crippen LogP contribution in [0.4, 0.5) is 0 Å². The molecule has 1 aliphatic rings. The number of hydrogen-bond donors (Lipinski definition) is 0. The van der Waals surface area contributed by atoms with Crippen molar-refractivity contribution >= 4 is 29.6 Å². The van der Waals surface area contributed by atoms with E-state index in [9.17, 15) is 9.59 Å². The van der Waals surface area contributed by atoms with Gasteiger partial charge in [-0.15, -0.1) is 0 Å². The smallest absolute Gasteiger partial charge is 0.180 e. The van der Waals surface area contributed by atoms with E-state index in [1.54, 1.807) is 36.6 Å². The summed E-state index contributed by atoms with van der Waals surface area (Å²) in [6.45, 7) is 0. The summed E-state index contributed by atoms with van der Waals surface area (Å²) in [5.74, 6) is -1.42. The second-order valence-electron chi connectivity index (χ2n) is 8.12. The van der Waals surface area contributed by atoms with Gasteiger partial charge in [-0.25, -0.2) is 0 Å². The van der Waals surface area contributed by atoms with E-state index in [2.05, 4.69) is 10.2 Å². The van der Waals surface area contributed by atoms with Crippen molar-refractivity contribution in [2.24, 2.45) is 16.1 Å². The molecular formula is C30H22N2O3. The number of ketones is 2. The molecule has 0 saturated carbocycles. The molecule has 5 heteroatoms. The molecule has 170 valence electrons. The fraction of sp³-hybridized carbons (Fsp3) is 0.0667. The number of carbonyl (C=O) groups excluding carboxylic acids is 2. The van der Waals surface area contributed by atoms with Crippen molar-refractivity contribution in [3.8, 4) is 0 Å². The monoisotopic (exact) mass is 458 g/mol. The minimum absolute atomic E-state index is 0.219. The first kappa shape index (κ1) is 22.2. The van der Waals surface area contributed by atoms with Crippen LogP contribution in [0.3, 0.4) is 0 Å². The number of carbonyl (C=O) groups is 2. The Morgan fingerprint density at radius 1 is 0.800 bits per heavy atom. The summed E-state index contributed by atoms with van der Waals surface area (Å²) in [5, 5.41) is 8.52. The average Bonchev–Trinajstić information content (AvgIpc) is 3.52. The van der Waals surface area contributed by atoms with Crippen molar-refractivity contribution in [3.63, 3.8) is 0 Å². The van der Waals surface area contributed by atoms with Crippen LogP contribution in [0.15, 0.2) is 124 Å². The number of nitrogens with zero attached hydrogens (tertiary/aromatic N) is 2. The van der Waals surface area contributed by atoms with Crippen LogP contribution >= 0.6 is 0 Å². The van der Waals surface area contributed by atoms with E-state index in [1.165, 1.54) is 6.21 Å². The van der Waals surface area contributed by atoms with Gasteiger partial charge in [0.15, 0.2) is 11.6 Å². The van der Waals surface area contributed by atoms with Crippen molar-refractivity contribution in [2.75, 3.05) is 0 Å². The van der Waals surface area contributed by atoms with Gasteiger partial charge in [0.2, 0.25) is 0 Å². The lowest BCUT2D eigenvalue weighted by atomic mass is 9.80. The first-order valence-electron chi connectivity index (χ1n) is 11.3. The summed E-state index contributed by atoms with van der Waals surface area (Å²) in [7, 11) is 0. The summed E-state index contributed by atoms with van der Waals surface area (Å²) in [6.07, 6.45) is 6.54. The van der Waals surface area contributed by atoms with Crippen molar-refractivity contribution in [1.82, 2.24) is 0 Å². The number of fused-ring (bicyclic) bond motifs is 1. The molecule has 1 heterocycles. The Morgan fingerprint density at radius 3 is 2.06 bits per heavy atom. The maximum atomic E-state index is 14.1. The highest BCUT2D eigenvalue weighted by Gasteiger charge is 2.44. The highest BCUT2D eigenvalue weighted by molar-refractivity contribution is 6.38. The van der Waals surface area contributed by atoms with Crippen LogP contribution < -0.4 is 0 Å². The summed E-state index contributed by atoms with van der Waals surface area (Å²) in [6, 6.07) is 29.9. The summed E-state index contributed by atoms with van der Waals surface area (Å²) < 4.78 is 5.26. The molecule has 0 saturated heterocycles. The standard InChI is InChI=1S/C30H22N2O3/c33-29-25-18-8-7-17-24(25)28(32-31-19-9-15-23-16-10-20-35-23)27(29)30(34)26(21-11-3-1-4-12-21)22-13-5-2-6-14-22/h1-20,26-27H/b15-9+,31-19+,32-28-. The molecule has 0 bridgehead atoms. The van der Waals surface area contributed by atoms with Gasteiger partial charge >= 0.3 is 0 Å². The van der Waals surface area contributed by atoms with Crippen molar-refractivity contribution in [2.45, 2.75) is 5.92 Å². The quantitative estimate of drug-likeness (QED) is 0.194. The first-order valence-corrected chi connectivity index (χ1v) is 11.3. The molecule has 0 spiro atoms. The van der Waals surface area contributed by atoms with E-state index in [1.807, 2.05) is 78.9 Å². The van der Waals surface area contributed by atoms with Gasteiger partial charge in [0.1, 0.15) is 11.7 Å². The average molecular weight is 459 g/mol. The van der Waals surface area contributed by atoms with Gasteiger partial charge in [-0.3, -0.25) is 9.59 Å². The van der Waals surface area contributed by atoms with Crippen LogP contribution in [-0.2, 0) is 4.79 Å². The van der Waals surface area contributed by atoms with Crippen LogP contribution in [0.25, 0.3) is 6.08 Å². The Bertz CT molecular complexity index is 1380. The van der Waals surface area contributed by atoms with E-state index < -0.39 is 11.8 Å². The number of Topliss-reactive ketones (excluding diaryl/α,β-unsaturated/α-hetero) is 2. The molecule has 0 aliphatic heterocycles. The molecule has 0 fully saturated rings. The zero-order chi connectivity index (χ0) is 24.0. The Kier molecular flexibility index (Phi) is 6.39.